The molecular formula is C23H26N2O3S. The van der Waals surface area contributed by atoms with E-state index < -0.39 is 0 Å². The molecular weight excluding hydrogens is 384 g/mol. The molecule has 0 unspecified atom stereocenters. The van der Waals surface area contributed by atoms with Crippen molar-refractivity contribution in [1.29, 1.82) is 0 Å². The standard InChI is InChI=1S/C23H26N2O3S/c1-4-24(5-2)18-10-12-19(13-11-18)25-22(27)20(17-8-6-16(3)7-9-17)21(23(25)28)29-15-14-26/h6-13,26H,4-5,14-15H2,1-3H3. The SMILES string of the molecule is CCN(CC)c1ccc(N2C(=O)C(SCCO)=C(c3ccc(C)cc3)C2=O)cc1. The molecule has 0 saturated heterocycles. The molecule has 6 heteroatoms. The summed E-state index contributed by atoms with van der Waals surface area (Å²) in [6.45, 7) is 7.87. The molecule has 5 nitrogen and oxygen atoms in total. The van der Waals surface area contributed by atoms with Crippen molar-refractivity contribution in [2.24, 2.45) is 0 Å². The molecule has 2 aromatic carbocycles. The molecule has 29 heavy (non-hydrogen) atoms. The van der Waals surface area contributed by atoms with Gasteiger partial charge in [-0.1, -0.05) is 29.8 Å². The van der Waals surface area contributed by atoms with E-state index in [0.29, 0.717) is 21.9 Å². The number of benzene rings is 2. The van der Waals surface area contributed by atoms with Gasteiger partial charge in [-0.3, -0.25) is 9.59 Å². The highest BCUT2D eigenvalue weighted by Gasteiger charge is 2.40. The van der Waals surface area contributed by atoms with Crippen molar-refractivity contribution in [3.05, 3.63) is 64.6 Å². The summed E-state index contributed by atoms with van der Waals surface area (Å²) in [6.07, 6.45) is 0. The highest BCUT2D eigenvalue weighted by molar-refractivity contribution is 8.04. The first-order valence-electron chi connectivity index (χ1n) is 9.80. The first kappa shape index (κ1) is 21.1. The zero-order valence-corrected chi connectivity index (χ0v) is 17.8. The average molecular weight is 411 g/mol. The van der Waals surface area contributed by atoms with E-state index in [4.69, 9.17) is 0 Å². The summed E-state index contributed by atoms with van der Waals surface area (Å²) in [6, 6.07) is 15.1. The Kier molecular flexibility index (Phi) is 6.77. The van der Waals surface area contributed by atoms with Crippen LogP contribution in [0.5, 0.6) is 0 Å². The maximum Gasteiger partial charge on any atom is 0.272 e. The van der Waals surface area contributed by atoms with Crippen molar-refractivity contribution < 1.29 is 14.7 Å². The van der Waals surface area contributed by atoms with E-state index in [0.717, 1.165) is 29.9 Å². The van der Waals surface area contributed by atoms with Gasteiger partial charge in [-0.15, -0.1) is 11.8 Å². The molecule has 1 aliphatic heterocycles. The lowest BCUT2D eigenvalue weighted by Crippen LogP contribution is -2.31. The van der Waals surface area contributed by atoms with Gasteiger partial charge in [-0.05, 0) is 50.6 Å². The van der Waals surface area contributed by atoms with Crippen molar-refractivity contribution in [2.45, 2.75) is 20.8 Å². The maximum absolute atomic E-state index is 13.3. The number of aryl methyl sites for hydroxylation is 1. The second kappa shape index (κ2) is 9.29. The highest BCUT2D eigenvalue weighted by Crippen LogP contribution is 2.38. The summed E-state index contributed by atoms with van der Waals surface area (Å²) in [5.41, 5.74) is 3.82. The van der Waals surface area contributed by atoms with Crippen LogP contribution < -0.4 is 9.80 Å². The predicted octanol–water partition coefficient (Wildman–Crippen LogP) is 3.85. The van der Waals surface area contributed by atoms with Crippen LogP contribution in [0.3, 0.4) is 0 Å². The van der Waals surface area contributed by atoms with Gasteiger partial charge in [0.25, 0.3) is 11.8 Å². The molecule has 0 atom stereocenters. The third-order valence-corrected chi connectivity index (χ3v) is 6.01. The fourth-order valence-electron chi connectivity index (χ4n) is 3.40. The first-order chi connectivity index (χ1) is 14.0. The number of amides is 2. The van der Waals surface area contributed by atoms with Crippen molar-refractivity contribution in [1.82, 2.24) is 0 Å². The van der Waals surface area contributed by atoms with Crippen molar-refractivity contribution in [3.8, 4) is 0 Å². The van der Waals surface area contributed by atoms with Gasteiger partial charge < -0.3 is 10.0 Å². The Morgan fingerprint density at radius 3 is 2.10 bits per heavy atom. The van der Waals surface area contributed by atoms with E-state index in [-0.39, 0.29) is 18.4 Å². The van der Waals surface area contributed by atoms with E-state index in [2.05, 4.69) is 18.7 Å². The number of rotatable bonds is 8. The smallest absolute Gasteiger partial charge is 0.272 e. The molecule has 0 aromatic heterocycles. The van der Waals surface area contributed by atoms with Gasteiger partial charge in [0.15, 0.2) is 0 Å². The van der Waals surface area contributed by atoms with E-state index >= 15 is 0 Å². The van der Waals surface area contributed by atoms with Crippen LogP contribution in [0, 0.1) is 6.92 Å². The number of aliphatic hydroxyl groups is 1. The van der Waals surface area contributed by atoms with Gasteiger partial charge in [0, 0.05) is 24.5 Å². The molecule has 2 amide bonds. The van der Waals surface area contributed by atoms with Crippen molar-refractivity contribution in [3.63, 3.8) is 0 Å². The molecule has 1 aliphatic rings. The van der Waals surface area contributed by atoms with Crippen LogP contribution in [0.15, 0.2) is 53.4 Å². The molecule has 0 spiro atoms. The molecule has 0 aliphatic carbocycles. The van der Waals surface area contributed by atoms with Crippen LogP contribution in [0.25, 0.3) is 5.57 Å². The predicted molar refractivity (Wildman–Crippen MR) is 120 cm³/mol. The summed E-state index contributed by atoms with van der Waals surface area (Å²) in [5, 5.41) is 9.23. The lowest BCUT2D eigenvalue weighted by Gasteiger charge is -2.22. The lowest BCUT2D eigenvalue weighted by atomic mass is 10.0. The van der Waals surface area contributed by atoms with E-state index in [1.165, 1.54) is 16.7 Å². The minimum absolute atomic E-state index is 0.0601. The van der Waals surface area contributed by atoms with Crippen LogP contribution in [0.4, 0.5) is 11.4 Å². The fourth-order valence-corrected chi connectivity index (χ4v) is 4.26. The van der Waals surface area contributed by atoms with Crippen molar-refractivity contribution >= 4 is 40.5 Å². The fraction of sp³-hybridized carbons (Fsp3) is 0.304. The largest absolute Gasteiger partial charge is 0.396 e. The average Bonchev–Trinajstić information content (AvgIpc) is 2.98. The summed E-state index contributed by atoms with van der Waals surface area (Å²) in [4.78, 5) is 30.2. The Morgan fingerprint density at radius 1 is 0.931 bits per heavy atom. The quantitative estimate of drug-likeness (QED) is 0.670. The second-order valence-electron chi connectivity index (χ2n) is 6.78. The molecule has 1 heterocycles. The molecule has 1 N–H and O–H groups in total. The Balaban J connectivity index is 1.97. The monoisotopic (exact) mass is 410 g/mol. The zero-order valence-electron chi connectivity index (χ0n) is 17.0. The number of anilines is 2. The number of nitrogens with zero attached hydrogens (tertiary/aromatic N) is 2. The molecule has 0 saturated carbocycles. The Bertz CT molecular complexity index is 916. The number of imide groups is 1. The third kappa shape index (κ3) is 4.23. The van der Waals surface area contributed by atoms with Crippen molar-refractivity contribution in [2.75, 3.05) is 35.2 Å². The van der Waals surface area contributed by atoms with E-state index in [1.54, 1.807) is 0 Å². The van der Waals surface area contributed by atoms with Gasteiger partial charge >= 0.3 is 0 Å². The van der Waals surface area contributed by atoms with Gasteiger partial charge in [0.2, 0.25) is 0 Å². The summed E-state index contributed by atoms with van der Waals surface area (Å²) < 4.78 is 0. The number of carbonyl (C=O) groups is 2. The minimum atomic E-state index is -0.334. The van der Waals surface area contributed by atoms with Gasteiger partial charge in [-0.25, -0.2) is 4.90 Å². The van der Waals surface area contributed by atoms with E-state index in [9.17, 15) is 14.7 Å². The Labute approximate surface area is 176 Å². The number of hydrogen-bond donors (Lipinski definition) is 1. The second-order valence-corrected chi connectivity index (χ2v) is 7.88. The minimum Gasteiger partial charge on any atom is -0.396 e. The number of aliphatic hydroxyl groups excluding tert-OH is 1. The molecule has 152 valence electrons. The summed E-state index contributed by atoms with van der Waals surface area (Å²) >= 11 is 1.23. The van der Waals surface area contributed by atoms with Gasteiger partial charge in [0.05, 0.1) is 22.8 Å². The van der Waals surface area contributed by atoms with Crippen LogP contribution >= 0.6 is 11.8 Å². The first-order valence-corrected chi connectivity index (χ1v) is 10.8. The number of hydrogen-bond acceptors (Lipinski definition) is 5. The topological polar surface area (TPSA) is 60.9 Å². The Hall–Kier alpha value is -2.57. The number of thioether (sulfide) groups is 1. The lowest BCUT2D eigenvalue weighted by molar-refractivity contribution is -0.119. The zero-order chi connectivity index (χ0) is 21.0. The molecule has 0 fully saturated rings. The highest BCUT2D eigenvalue weighted by atomic mass is 32.2. The molecule has 2 aromatic rings. The van der Waals surface area contributed by atoms with Gasteiger partial charge in [0.1, 0.15) is 0 Å². The molecule has 0 bridgehead atoms. The number of carbonyl (C=O) groups excluding carboxylic acids is 2. The maximum atomic E-state index is 13.3. The third-order valence-electron chi connectivity index (χ3n) is 4.96. The summed E-state index contributed by atoms with van der Waals surface area (Å²) in [5.74, 6) is -0.298. The van der Waals surface area contributed by atoms with Crippen LogP contribution in [0.2, 0.25) is 0 Å². The van der Waals surface area contributed by atoms with Crippen LogP contribution in [0.1, 0.15) is 25.0 Å². The van der Waals surface area contributed by atoms with Crippen LogP contribution in [-0.4, -0.2) is 42.4 Å². The van der Waals surface area contributed by atoms with E-state index in [1.807, 2.05) is 55.5 Å². The molecule has 0 radical (unpaired) electrons. The Morgan fingerprint density at radius 2 is 1.55 bits per heavy atom. The van der Waals surface area contributed by atoms with Crippen LogP contribution in [-0.2, 0) is 9.59 Å². The molecule has 3 rings (SSSR count). The van der Waals surface area contributed by atoms with Gasteiger partial charge in [-0.2, -0.15) is 0 Å². The normalized spacial score (nSPS) is 14.1. The summed E-state index contributed by atoms with van der Waals surface area (Å²) in [7, 11) is 0.